The minimum absolute atomic E-state index is 0.579. The Morgan fingerprint density at radius 1 is 0.442 bits per heavy atom. The van der Waals surface area contributed by atoms with Gasteiger partial charge in [-0.3, -0.25) is 0 Å². The standard InChI is InChI=1S/C46H27N5O/c47-28-33-16-11-19-34(43(33)51-39-20-9-7-17-35(39)36-18-8-10-21-40(36)51)31-22-24-41-37(26-31)38-27-32(23-25-42(38)52-41)46-49-44(29-12-3-1-4-13-29)48-45(50-46)30-14-5-2-6-15-30/h1-27H. The summed E-state index contributed by atoms with van der Waals surface area (Å²) in [4.78, 5) is 14.8. The second-order valence-electron chi connectivity index (χ2n) is 12.7. The summed E-state index contributed by atoms with van der Waals surface area (Å²) in [5.41, 5.74) is 9.72. The Balaban J connectivity index is 1.17. The molecule has 0 unspecified atom stereocenters. The first kappa shape index (κ1) is 29.5. The van der Waals surface area contributed by atoms with E-state index in [1.54, 1.807) is 0 Å². The molecule has 52 heavy (non-hydrogen) atoms. The molecule has 242 valence electrons. The van der Waals surface area contributed by atoms with Gasteiger partial charge in [-0.2, -0.15) is 5.26 Å². The van der Waals surface area contributed by atoms with E-state index >= 15 is 0 Å². The molecule has 10 rings (SSSR count). The van der Waals surface area contributed by atoms with Gasteiger partial charge in [0.15, 0.2) is 17.5 Å². The first-order valence-electron chi connectivity index (χ1n) is 17.1. The van der Waals surface area contributed by atoms with E-state index < -0.39 is 0 Å². The van der Waals surface area contributed by atoms with Gasteiger partial charge in [0, 0.05) is 43.8 Å². The van der Waals surface area contributed by atoms with Crippen molar-refractivity contribution in [1.82, 2.24) is 19.5 Å². The number of nitriles is 1. The first-order chi connectivity index (χ1) is 25.7. The smallest absolute Gasteiger partial charge is 0.164 e. The van der Waals surface area contributed by atoms with Crippen LogP contribution in [0, 0.1) is 11.3 Å². The average Bonchev–Trinajstić information content (AvgIpc) is 3.76. The zero-order chi connectivity index (χ0) is 34.6. The predicted octanol–water partition coefficient (Wildman–Crippen LogP) is 11.4. The van der Waals surface area contributed by atoms with Crippen LogP contribution in [0.15, 0.2) is 168 Å². The Morgan fingerprint density at radius 2 is 0.942 bits per heavy atom. The van der Waals surface area contributed by atoms with Gasteiger partial charge >= 0.3 is 0 Å². The van der Waals surface area contributed by atoms with Gasteiger partial charge in [0.05, 0.1) is 22.3 Å². The molecule has 0 N–H and O–H groups in total. The molecule has 0 radical (unpaired) electrons. The third kappa shape index (κ3) is 4.76. The Kier molecular flexibility index (Phi) is 6.76. The van der Waals surface area contributed by atoms with E-state index in [2.05, 4.69) is 71.3 Å². The van der Waals surface area contributed by atoms with Crippen LogP contribution in [-0.4, -0.2) is 19.5 Å². The number of hydrogen-bond donors (Lipinski definition) is 0. The van der Waals surface area contributed by atoms with E-state index in [1.807, 2.05) is 103 Å². The van der Waals surface area contributed by atoms with Gasteiger partial charge < -0.3 is 8.98 Å². The highest BCUT2D eigenvalue weighted by molar-refractivity contribution is 6.11. The number of rotatable bonds is 5. The van der Waals surface area contributed by atoms with E-state index in [1.165, 1.54) is 0 Å². The lowest BCUT2D eigenvalue weighted by Gasteiger charge is -2.16. The Labute approximate surface area is 298 Å². The minimum atomic E-state index is 0.579. The maximum absolute atomic E-state index is 10.4. The van der Waals surface area contributed by atoms with Crippen molar-refractivity contribution in [2.45, 2.75) is 0 Å². The molecule has 0 amide bonds. The van der Waals surface area contributed by atoms with Crippen molar-refractivity contribution in [3.05, 3.63) is 169 Å². The largest absolute Gasteiger partial charge is 0.456 e. The molecule has 0 fully saturated rings. The van der Waals surface area contributed by atoms with Crippen molar-refractivity contribution < 1.29 is 4.42 Å². The molecular weight excluding hydrogens is 639 g/mol. The number of furan rings is 1. The van der Waals surface area contributed by atoms with Crippen molar-refractivity contribution in [3.8, 4) is 57.0 Å². The van der Waals surface area contributed by atoms with Gasteiger partial charge in [-0.05, 0) is 54.1 Å². The third-order valence-electron chi connectivity index (χ3n) is 9.70. The van der Waals surface area contributed by atoms with Crippen molar-refractivity contribution in [2.75, 3.05) is 0 Å². The predicted molar refractivity (Wildman–Crippen MR) is 208 cm³/mol. The zero-order valence-electron chi connectivity index (χ0n) is 27.7. The minimum Gasteiger partial charge on any atom is -0.456 e. The number of nitrogens with zero attached hydrogens (tertiary/aromatic N) is 5. The van der Waals surface area contributed by atoms with Crippen molar-refractivity contribution in [2.24, 2.45) is 0 Å². The second-order valence-corrected chi connectivity index (χ2v) is 12.7. The van der Waals surface area contributed by atoms with Crippen LogP contribution in [0.4, 0.5) is 0 Å². The Bertz CT molecular complexity index is 2920. The number of aromatic nitrogens is 4. The fourth-order valence-corrected chi connectivity index (χ4v) is 7.29. The van der Waals surface area contributed by atoms with Crippen LogP contribution in [-0.2, 0) is 0 Å². The lowest BCUT2D eigenvalue weighted by Crippen LogP contribution is -2.00. The Hall–Kier alpha value is -7.36. The maximum atomic E-state index is 10.4. The molecule has 0 atom stereocenters. The van der Waals surface area contributed by atoms with Crippen LogP contribution in [0.2, 0.25) is 0 Å². The number of hydrogen-bond acceptors (Lipinski definition) is 5. The van der Waals surface area contributed by atoms with Crippen LogP contribution >= 0.6 is 0 Å². The molecule has 6 heteroatoms. The monoisotopic (exact) mass is 665 g/mol. The van der Waals surface area contributed by atoms with Gasteiger partial charge in [-0.25, -0.2) is 15.0 Å². The van der Waals surface area contributed by atoms with Gasteiger partial charge in [0.1, 0.15) is 17.2 Å². The average molecular weight is 666 g/mol. The lowest BCUT2D eigenvalue weighted by molar-refractivity contribution is 0.669. The molecule has 0 aliphatic carbocycles. The van der Waals surface area contributed by atoms with Crippen molar-refractivity contribution in [1.29, 1.82) is 5.26 Å². The lowest BCUT2D eigenvalue weighted by atomic mass is 9.98. The van der Waals surface area contributed by atoms with E-state index in [-0.39, 0.29) is 0 Å². The van der Waals surface area contributed by atoms with Crippen LogP contribution < -0.4 is 0 Å². The van der Waals surface area contributed by atoms with Gasteiger partial charge in [0.25, 0.3) is 0 Å². The van der Waals surface area contributed by atoms with E-state index in [0.717, 1.165) is 77.2 Å². The number of benzene rings is 7. The maximum Gasteiger partial charge on any atom is 0.164 e. The van der Waals surface area contributed by atoms with Gasteiger partial charge in [-0.15, -0.1) is 0 Å². The fraction of sp³-hybridized carbons (Fsp3) is 0. The SMILES string of the molecule is N#Cc1cccc(-c2ccc3oc4ccc(-c5nc(-c6ccccc6)nc(-c6ccccc6)n5)cc4c3c2)c1-n1c2ccccc2c2ccccc21. The van der Waals surface area contributed by atoms with E-state index in [9.17, 15) is 5.26 Å². The van der Waals surface area contributed by atoms with E-state index in [4.69, 9.17) is 19.4 Å². The molecule has 0 saturated heterocycles. The molecule has 0 spiro atoms. The van der Waals surface area contributed by atoms with Crippen LogP contribution in [0.5, 0.6) is 0 Å². The highest BCUT2D eigenvalue weighted by Gasteiger charge is 2.20. The third-order valence-corrected chi connectivity index (χ3v) is 9.70. The summed E-state index contributed by atoms with van der Waals surface area (Å²) in [7, 11) is 0. The van der Waals surface area contributed by atoms with Crippen LogP contribution in [0.3, 0.4) is 0 Å². The number of fused-ring (bicyclic) bond motifs is 6. The molecule has 7 aromatic carbocycles. The summed E-state index contributed by atoms with van der Waals surface area (Å²) >= 11 is 0. The highest BCUT2D eigenvalue weighted by atomic mass is 16.3. The first-order valence-corrected chi connectivity index (χ1v) is 17.1. The Morgan fingerprint density at radius 3 is 1.52 bits per heavy atom. The summed E-state index contributed by atoms with van der Waals surface area (Å²) in [6.07, 6.45) is 0. The summed E-state index contributed by atoms with van der Waals surface area (Å²) in [6.45, 7) is 0. The molecular formula is C46H27N5O. The molecule has 3 heterocycles. The van der Waals surface area contributed by atoms with Gasteiger partial charge in [0.2, 0.25) is 0 Å². The van der Waals surface area contributed by atoms with Crippen LogP contribution in [0.1, 0.15) is 5.56 Å². The molecule has 3 aromatic heterocycles. The van der Waals surface area contributed by atoms with Crippen molar-refractivity contribution >= 4 is 43.7 Å². The molecule has 0 aliphatic rings. The quantitative estimate of drug-likeness (QED) is 0.183. The molecule has 10 aromatic rings. The summed E-state index contributed by atoms with van der Waals surface area (Å²) in [6, 6.07) is 57.5. The molecule has 0 saturated carbocycles. The summed E-state index contributed by atoms with van der Waals surface area (Å²) in [5, 5.41) is 14.6. The topological polar surface area (TPSA) is 80.5 Å². The summed E-state index contributed by atoms with van der Waals surface area (Å²) in [5.74, 6) is 1.80. The number of para-hydroxylation sites is 3. The van der Waals surface area contributed by atoms with Gasteiger partial charge in [-0.1, -0.05) is 115 Å². The zero-order valence-corrected chi connectivity index (χ0v) is 27.7. The second kappa shape index (κ2) is 11.9. The summed E-state index contributed by atoms with van der Waals surface area (Å²) < 4.78 is 8.60. The highest BCUT2D eigenvalue weighted by Crippen LogP contribution is 2.40. The van der Waals surface area contributed by atoms with Crippen LogP contribution in [0.25, 0.3) is 94.7 Å². The molecule has 0 bridgehead atoms. The molecule has 6 nitrogen and oxygen atoms in total. The van der Waals surface area contributed by atoms with E-state index in [0.29, 0.717) is 23.0 Å². The molecule has 0 aliphatic heterocycles. The van der Waals surface area contributed by atoms with Crippen molar-refractivity contribution in [3.63, 3.8) is 0 Å². The fourth-order valence-electron chi connectivity index (χ4n) is 7.29. The normalized spacial score (nSPS) is 11.4.